The summed E-state index contributed by atoms with van der Waals surface area (Å²) in [6.45, 7) is 11.4. The Bertz CT molecular complexity index is 405. The molecule has 0 atom stereocenters. The molecular formula is C16H30N4. The molecule has 1 aromatic rings. The summed E-state index contributed by atoms with van der Waals surface area (Å²) in [5.74, 6) is 0.848. The molecule has 0 saturated carbocycles. The molecule has 0 amide bonds. The van der Waals surface area contributed by atoms with Crippen LogP contribution in [0.2, 0.25) is 0 Å². The lowest BCUT2D eigenvalue weighted by molar-refractivity contribution is 0.161. The van der Waals surface area contributed by atoms with E-state index in [2.05, 4.69) is 42.3 Å². The summed E-state index contributed by atoms with van der Waals surface area (Å²) >= 11 is 0. The molecular weight excluding hydrogens is 248 g/mol. The Balaban J connectivity index is 2.00. The van der Waals surface area contributed by atoms with Crippen LogP contribution in [0.15, 0.2) is 6.20 Å². The molecule has 0 unspecified atom stereocenters. The zero-order valence-electron chi connectivity index (χ0n) is 13.5. The molecule has 4 heteroatoms. The van der Waals surface area contributed by atoms with Gasteiger partial charge in [-0.1, -0.05) is 6.92 Å². The monoisotopic (exact) mass is 278 g/mol. The van der Waals surface area contributed by atoms with E-state index >= 15 is 0 Å². The van der Waals surface area contributed by atoms with E-state index in [1.165, 1.54) is 43.7 Å². The van der Waals surface area contributed by atoms with Crippen molar-refractivity contribution in [2.45, 2.75) is 52.6 Å². The Morgan fingerprint density at radius 1 is 1.40 bits per heavy atom. The third kappa shape index (κ3) is 4.06. The van der Waals surface area contributed by atoms with Gasteiger partial charge < -0.3 is 5.32 Å². The molecule has 0 spiro atoms. The van der Waals surface area contributed by atoms with Gasteiger partial charge in [-0.2, -0.15) is 5.10 Å². The number of nitrogens with one attached hydrogen (secondary N) is 1. The molecule has 2 rings (SSSR count). The molecule has 0 radical (unpaired) electrons. The lowest BCUT2D eigenvalue weighted by Gasteiger charge is -2.32. The van der Waals surface area contributed by atoms with Gasteiger partial charge in [0.15, 0.2) is 0 Å². The van der Waals surface area contributed by atoms with Crippen molar-refractivity contribution >= 4 is 0 Å². The summed E-state index contributed by atoms with van der Waals surface area (Å²) < 4.78 is 1.96. The van der Waals surface area contributed by atoms with Crippen molar-refractivity contribution in [2.75, 3.05) is 19.6 Å². The van der Waals surface area contributed by atoms with Crippen LogP contribution >= 0.6 is 0 Å². The average Bonchev–Trinajstić information content (AvgIpc) is 2.79. The Labute approximate surface area is 123 Å². The van der Waals surface area contributed by atoms with Gasteiger partial charge in [-0.25, -0.2) is 0 Å². The number of nitrogens with zero attached hydrogens (tertiary/aromatic N) is 3. The highest BCUT2D eigenvalue weighted by molar-refractivity contribution is 5.17. The van der Waals surface area contributed by atoms with Crippen LogP contribution in [0.4, 0.5) is 0 Å². The zero-order valence-corrected chi connectivity index (χ0v) is 13.5. The molecule has 20 heavy (non-hydrogen) atoms. The molecule has 2 heterocycles. The van der Waals surface area contributed by atoms with E-state index in [0.29, 0.717) is 6.04 Å². The van der Waals surface area contributed by atoms with Crippen molar-refractivity contribution < 1.29 is 0 Å². The number of hydrogen-bond acceptors (Lipinski definition) is 3. The quantitative estimate of drug-likeness (QED) is 0.866. The van der Waals surface area contributed by atoms with Crippen LogP contribution < -0.4 is 5.32 Å². The molecule has 1 fully saturated rings. The Morgan fingerprint density at radius 3 is 2.70 bits per heavy atom. The van der Waals surface area contributed by atoms with E-state index < -0.39 is 0 Å². The number of hydrogen-bond donors (Lipinski definition) is 1. The molecule has 0 aliphatic carbocycles. The lowest BCUT2D eigenvalue weighted by atomic mass is 9.96. The number of aryl methyl sites for hydroxylation is 2. The van der Waals surface area contributed by atoms with Crippen molar-refractivity contribution in [1.29, 1.82) is 0 Å². The molecule has 114 valence electrons. The predicted octanol–water partition coefficient (Wildman–Crippen LogP) is 2.19. The van der Waals surface area contributed by atoms with E-state index in [9.17, 15) is 0 Å². The van der Waals surface area contributed by atoms with E-state index in [4.69, 9.17) is 0 Å². The Morgan fingerprint density at radius 2 is 2.10 bits per heavy atom. The van der Waals surface area contributed by atoms with E-state index in [1.807, 2.05) is 11.7 Å². The summed E-state index contributed by atoms with van der Waals surface area (Å²) in [5, 5.41) is 8.02. The van der Waals surface area contributed by atoms with Gasteiger partial charge in [0, 0.05) is 37.9 Å². The standard InChI is InChI=1S/C16H30N4/c1-5-16-15(11-19(4)18-16)12-20(13(2)3)10-14-6-8-17-9-7-14/h11,13-14,17H,5-10,12H2,1-4H3. The average molecular weight is 278 g/mol. The lowest BCUT2D eigenvalue weighted by Crippen LogP contribution is -2.39. The van der Waals surface area contributed by atoms with E-state index in [0.717, 1.165) is 18.9 Å². The van der Waals surface area contributed by atoms with E-state index in [-0.39, 0.29) is 0 Å². The van der Waals surface area contributed by atoms with Crippen molar-refractivity contribution in [3.05, 3.63) is 17.5 Å². The van der Waals surface area contributed by atoms with Gasteiger partial charge >= 0.3 is 0 Å². The van der Waals surface area contributed by atoms with Crippen LogP contribution in [-0.2, 0) is 20.0 Å². The molecule has 4 nitrogen and oxygen atoms in total. The van der Waals surface area contributed by atoms with Gasteiger partial charge in [0.25, 0.3) is 0 Å². The third-order valence-corrected chi connectivity index (χ3v) is 4.38. The summed E-state index contributed by atoms with van der Waals surface area (Å²) in [4.78, 5) is 2.62. The molecule has 1 aliphatic rings. The maximum atomic E-state index is 4.57. The second kappa shape index (κ2) is 7.23. The molecule has 0 bridgehead atoms. The number of piperidine rings is 1. The topological polar surface area (TPSA) is 33.1 Å². The first-order chi connectivity index (χ1) is 9.60. The van der Waals surface area contributed by atoms with Gasteiger partial charge in [0.1, 0.15) is 0 Å². The summed E-state index contributed by atoms with van der Waals surface area (Å²) in [5.41, 5.74) is 2.65. The Kier molecular flexibility index (Phi) is 5.61. The first kappa shape index (κ1) is 15.5. The van der Waals surface area contributed by atoms with Crippen molar-refractivity contribution in [1.82, 2.24) is 20.0 Å². The Hall–Kier alpha value is -0.870. The van der Waals surface area contributed by atoms with Gasteiger partial charge in [0.2, 0.25) is 0 Å². The fourth-order valence-corrected chi connectivity index (χ4v) is 3.09. The highest BCUT2D eigenvalue weighted by Crippen LogP contribution is 2.18. The largest absolute Gasteiger partial charge is 0.317 e. The molecule has 1 aliphatic heterocycles. The van der Waals surface area contributed by atoms with Crippen LogP contribution in [0.3, 0.4) is 0 Å². The number of rotatable bonds is 6. The minimum atomic E-state index is 0.592. The second-order valence-electron chi connectivity index (χ2n) is 6.34. The second-order valence-corrected chi connectivity index (χ2v) is 6.34. The van der Waals surface area contributed by atoms with Crippen LogP contribution in [0.1, 0.15) is 44.9 Å². The minimum absolute atomic E-state index is 0.592. The fourth-order valence-electron chi connectivity index (χ4n) is 3.09. The summed E-state index contributed by atoms with van der Waals surface area (Å²) in [7, 11) is 2.02. The maximum absolute atomic E-state index is 4.57. The molecule has 1 N–H and O–H groups in total. The number of aromatic nitrogens is 2. The van der Waals surface area contributed by atoms with Crippen molar-refractivity contribution in [2.24, 2.45) is 13.0 Å². The highest BCUT2D eigenvalue weighted by Gasteiger charge is 2.20. The SMILES string of the molecule is CCc1nn(C)cc1CN(CC1CCNCC1)C(C)C. The summed E-state index contributed by atoms with van der Waals surface area (Å²) in [6, 6.07) is 0.592. The molecule has 0 aromatic carbocycles. The van der Waals surface area contributed by atoms with E-state index in [1.54, 1.807) is 0 Å². The van der Waals surface area contributed by atoms with Crippen LogP contribution in [-0.4, -0.2) is 40.4 Å². The molecule has 1 aromatic heterocycles. The predicted molar refractivity (Wildman–Crippen MR) is 83.7 cm³/mol. The van der Waals surface area contributed by atoms with Crippen LogP contribution in [0, 0.1) is 5.92 Å². The van der Waals surface area contributed by atoms with Crippen molar-refractivity contribution in [3.8, 4) is 0 Å². The smallest absolute Gasteiger partial charge is 0.0666 e. The van der Waals surface area contributed by atoms with Gasteiger partial charge in [-0.05, 0) is 52.1 Å². The fraction of sp³-hybridized carbons (Fsp3) is 0.812. The first-order valence-electron chi connectivity index (χ1n) is 8.06. The van der Waals surface area contributed by atoms with Gasteiger partial charge in [-0.3, -0.25) is 9.58 Å². The van der Waals surface area contributed by atoms with Crippen LogP contribution in [0.25, 0.3) is 0 Å². The zero-order chi connectivity index (χ0) is 14.5. The normalized spacial score (nSPS) is 17.3. The first-order valence-corrected chi connectivity index (χ1v) is 8.06. The third-order valence-electron chi connectivity index (χ3n) is 4.38. The maximum Gasteiger partial charge on any atom is 0.0666 e. The molecule has 1 saturated heterocycles. The van der Waals surface area contributed by atoms with Crippen molar-refractivity contribution in [3.63, 3.8) is 0 Å². The van der Waals surface area contributed by atoms with Gasteiger partial charge in [0.05, 0.1) is 5.69 Å². The minimum Gasteiger partial charge on any atom is -0.317 e. The summed E-state index contributed by atoms with van der Waals surface area (Å²) in [6.07, 6.45) is 5.85. The van der Waals surface area contributed by atoms with Gasteiger partial charge in [-0.15, -0.1) is 0 Å². The highest BCUT2D eigenvalue weighted by atomic mass is 15.3. The van der Waals surface area contributed by atoms with Crippen LogP contribution in [0.5, 0.6) is 0 Å².